The summed E-state index contributed by atoms with van der Waals surface area (Å²) in [5.74, 6) is 0.402. The van der Waals surface area contributed by atoms with E-state index in [2.05, 4.69) is 15.1 Å². The number of hydrogen-bond donors (Lipinski definition) is 2. The van der Waals surface area contributed by atoms with Crippen molar-refractivity contribution in [2.24, 2.45) is 5.73 Å². The van der Waals surface area contributed by atoms with Crippen molar-refractivity contribution in [2.45, 2.75) is 25.3 Å². The summed E-state index contributed by atoms with van der Waals surface area (Å²) in [7, 11) is -3.65. The molecule has 0 saturated carbocycles. The number of sulfonamides is 1. The van der Waals surface area contributed by atoms with Gasteiger partial charge in [0.2, 0.25) is 15.6 Å². The lowest BCUT2D eigenvalue weighted by Crippen LogP contribution is -2.30. The minimum Gasteiger partial charge on any atom is -0.334 e. The summed E-state index contributed by atoms with van der Waals surface area (Å²) in [5, 5.41) is 4.21. The van der Waals surface area contributed by atoms with Gasteiger partial charge < -0.3 is 15.2 Å². The Morgan fingerprint density at radius 1 is 1.23 bits per heavy atom. The quantitative estimate of drug-likeness (QED) is 0.656. The molecule has 0 spiro atoms. The van der Waals surface area contributed by atoms with Crippen LogP contribution in [-0.4, -0.2) is 40.9 Å². The highest BCUT2D eigenvalue weighted by molar-refractivity contribution is 7.89. The van der Waals surface area contributed by atoms with E-state index in [1.165, 1.54) is 22.5 Å². The molecular formula is C16H19N5O4S. The first-order valence-electron chi connectivity index (χ1n) is 8.11. The Bertz CT molecular complexity index is 1100. The second-order valence-corrected chi connectivity index (χ2v) is 7.50. The third-order valence-corrected chi connectivity index (χ3v) is 6.08. The second-order valence-electron chi connectivity index (χ2n) is 5.56. The van der Waals surface area contributed by atoms with Gasteiger partial charge in [-0.1, -0.05) is 19.0 Å². The van der Waals surface area contributed by atoms with Gasteiger partial charge in [-0.25, -0.2) is 8.42 Å². The molecule has 26 heavy (non-hydrogen) atoms. The summed E-state index contributed by atoms with van der Waals surface area (Å²) in [4.78, 5) is 18.9. The minimum atomic E-state index is -3.65. The average Bonchev–Trinajstić information content (AvgIpc) is 3.10. The van der Waals surface area contributed by atoms with Crippen molar-refractivity contribution in [3.63, 3.8) is 0 Å². The molecular weight excluding hydrogens is 358 g/mol. The van der Waals surface area contributed by atoms with Gasteiger partial charge in [0, 0.05) is 30.1 Å². The summed E-state index contributed by atoms with van der Waals surface area (Å²) in [6, 6.07) is 5.82. The van der Waals surface area contributed by atoms with E-state index in [0.29, 0.717) is 35.4 Å². The molecule has 0 saturated heterocycles. The van der Waals surface area contributed by atoms with Crippen molar-refractivity contribution in [3.05, 3.63) is 40.4 Å². The smallest absolute Gasteiger partial charge is 0.258 e. The van der Waals surface area contributed by atoms with Crippen molar-refractivity contribution < 1.29 is 12.9 Å². The van der Waals surface area contributed by atoms with Crippen LogP contribution in [-0.2, 0) is 16.6 Å². The molecule has 0 aliphatic heterocycles. The molecule has 3 rings (SSSR count). The van der Waals surface area contributed by atoms with Gasteiger partial charge in [0.05, 0.1) is 17.0 Å². The van der Waals surface area contributed by atoms with Crippen LogP contribution in [0.5, 0.6) is 0 Å². The van der Waals surface area contributed by atoms with E-state index in [0.717, 1.165) is 0 Å². The number of nitrogens with two attached hydrogens (primary N) is 1. The Labute approximate surface area is 149 Å². The lowest BCUT2D eigenvalue weighted by atomic mass is 10.1. The van der Waals surface area contributed by atoms with Crippen molar-refractivity contribution in [1.82, 2.24) is 19.4 Å². The summed E-state index contributed by atoms with van der Waals surface area (Å²) in [6.07, 6.45) is 0. The van der Waals surface area contributed by atoms with E-state index in [4.69, 9.17) is 10.3 Å². The van der Waals surface area contributed by atoms with Crippen LogP contribution in [0.2, 0.25) is 0 Å². The highest BCUT2D eigenvalue weighted by Gasteiger charge is 2.23. The molecule has 0 fully saturated rings. The molecule has 10 heteroatoms. The van der Waals surface area contributed by atoms with E-state index in [-0.39, 0.29) is 22.9 Å². The maximum atomic E-state index is 12.8. The standard InChI is InChI=1S/C16H19N5O4S/c1-3-21(4-2)26(23,24)10-5-6-13-11(7-10)12(8-15(22)18-13)16-19-14(9-17)20-25-16/h5-8H,3-4,9,17H2,1-2H3,(H,18,22). The molecule has 0 atom stereocenters. The Morgan fingerprint density at radius 3 is 2.58 bits per heavy atom. The fraction of sp³-hybridized carbons (Fsp3) is 0.312. The highest BCUT2D eigenvalue weighted by atomic mass is 32.2. The number of nitrogens with one attached hydrogen (secondary N) is 1. The average molecular weight is 377 g/mol. The van der Waals surface area contributed by atoms with Crippen LogP contribution in [0.25, 0.3) is 22.4 Å². The topological polar surface area (TPSA) is 135 Å². The number of nitrogens with zero attached hydrogens (tertiary/aromatic N) is 3. The van der Waals surface area contributed by atoms with Gasteiger partial charge in [0.1, 0.15) is 0 Å². The van der Waals surface area contributed by atoms with Crippen LogP contribution >= 0.6 is 0 Å². The molecule has 0 unspecified atom stereocenters. The van der Waals surface area contributed by atoms with Gasteiger partial charge >= 0.3 is 0 Å². The minimum absolute atomic E-state index is 0.0895. The fourth-order valence-corrected chi connectivity index (χ4v) is 4.21. The van der Waals surface area contributed by atoms with Crippen molar-refractivity contribution >= 4 is 20.9 Å². The zero-order chi connectivity index (χ0) is 18.9. The van der Waals surface area contributed by atoms with Crippen LogP contribution in [0, 0.1) is 0 Å². The Hall–Kier alpha value is -2.56. The first-order chi connectivity index (χ1) is 12.4. The maximum Gasteiger partial charge on any atom is 0.258 e. The largest absolute Gasteiger partial charge is 0.334 e. The van der Waals surface area contributed by atoms with Crippen LogP contribution in [0.1, 0.15) is 19.7 Å². The summed E-state index contributed by atoms with van der Waals surface area (Å²) in [6.45, 7) is 4.36. The van der Waals surface area contributed by atoms with E-state index >= 15 is 0 Å². The second kappa shape index (κ2) is 6.98. The van der Waals surface area contributed by atoms with Gasteiger partial charge in [0.25, 0.3) is 5.89 Å². The SMILES string of the molecule is CCN(CC)S(=O)(=O)c1ccc2[nH]c(=O)cc(-c3nc(CN)no3)c2c1. The molecule has 0 bridgehead atoms. The van der Waals surface area contributed by atoms with Gasteiger partial charge in [0.15, 0.2) is 5.82 Å². The lowest BCUT2D eigenvalue weighted by molar-refractivity contribution is 0.423. The van der Waals surface area contributed by atoms with E-state index in [1.54, 1.807) is 19.9 Å². The van der Waals surface area contributed by atoms with Crippen molar-refractivity contribution in [1.29, 1.82) is 0 Å². The first-order valence-corrected chi connectivity index (χ1v) is 9.55. The van der Waals surface area contributed by atoms with Crippen LogP contribution in [0.3, 0.4) is 0 Å². The predicted octanol–water partition coefficient (Wildman–Crippen LogP) is 1.07. The number of aromatic nitrogens is 3. The van der Waals surface area contributed by atoms with E-state index < -0.39 is 10.0 Å². The van der Waals surface area contributed by atoms with Crippen LogP contribution in [0.15, 0.2) is 38.5 Å². The maximum absolute atomic E-state index is 12.8. The van der Waals surface area contributed by atoms with Gasteiger partial charge in [-0.2, -0.15) is 9.29 Å². The summed E-state index contributed by atoms with van der Waals surface area (Å²) < 4.78 is 32.1. The third-order valence-electron chi connectivity index (χ3n) is 4.04. The normalized spacial score (nSPS) is 12.2. The van der Waals surface area contributed by atoms with E-state index in [1.807, 2.05) is 0 Å². The predicted molar refractivity (Wildman–Crippen MR) is 95.9 cm³/mol. The molecule has 3 aromatic rings. The zero-order valence-electron chi connectivity index (χ0n) is 14.4. The lowest BCUT2D eigenvalue weighted by Gasteiger charge is -2.18. The molecule has 2 aromatic heterocycles. The van der Waals surface area contributed by atoms with Gasteiger partial charge in [-0.15, -0.1) is 0 Å². The molecule has 9 nitrogen and oxygen atoms in total. The molecule has 0 radical (unpaired) electrons. The molecule has 0 aliphatic carbocycles. The molecule has 1 aromatic carbocycles. The Balaban J connectivity index is 2.24. The summed E-state index contributed by atoms with van der Waals surface area (Å²) in [5.41, 5.74) is 5.95. The first kappa shape index (κ1) is 18.2. The van der Waals surface area contributed by atoms with Crippen molar-refractivity contribution in [3.8, 4) is 11.5 Å². The van der Waals surface area contributed by atoms with Gasteiger partial charge in [-0.05, 0) is 18.2 Å². The summed E-state index contributed by atoms with van der Waals surface area (Å²) >= 11 is 0. The number of aromatic amines is 1. The van der Waals surface area contributed by atoms with Crippen LogP contribution in [0.4, 0.5) is 0 Å². The molecule has 138 valence electrons. The molecule has 0 amide bonds. The third kappa shape index (κ3) is 3.14. The number of rotatable bonds is 6. The Kier molecular flexibility index (Phi) is 4.90. The molecule has 2 heterocycles. The highest BCUT2D eigenvalue weighted by Crippen LogP contribution is 2.28. The molecule has 0 aliphatic rings. The fourth-order valence-electron chi connectivity index (χ4n) is 2.73. The number of fused-ring (bicyclic) bond motifs is 1. The van der Waals surface area contributed by atoms with Crippen molar-refractivity contribution in [2.75, 3.05) is 13.1 Å². The van der Waals surface area contributed by atoms with Crippen LogP contribution < -0.4 is 11.3 Å². The van der Waals surface area contributed by atoms with E-state index in [9.17, 15) is 13.2 Å². The monoisotopic (exact) mass is 377 g/mol. The number of H-pyrrole nitrogens is 1. The number of pyridine rings is 1. The number of hydrogen-bond acceptors (Lipinski definition) is 7. The number of benzene rings is 1. The zero-order valence-corrected chi connectivity index (χ0v) is 15.2. The Morgan fingerprint density at radius 2 is 1.96 bits per heavy atom. The molecule has 3 N–H and O–H groups in total. The van der Waals surface area contributed by atoms with Gasteiger partial charge in [-0.3, -0.25) is 4.79 Å².